The van der Waals surface area contributed by atoms with E-state index in [0.717, 1.165) is 12.1 Å². The van der Waals surface area contributed by atoms with Crippen molar-refractivity contribution >= 4 is 29.8 Å². The number of hydrogen-bond donors (Lipinski definition) is 1. The Morgan fingerprint density at radius 3 is 2.19 bits per heavy atom. The second-order valence-corrected chi connectivity index (χ2v) is 9.40. The Morgan fingerprint density at radius 1 is 1.19 bits per heavy atom. The van der Waals surface area contributed by atoms with Crippen LogP contribution in [-0.2, 0) is 19.1 Å². The molecule has 1 N–H and O–H groups in total. The van der Waals surface area contributed by atoms with Crippen molar-refractivity contribution in [1.82, 2.24) is 4.72 Å². The Bertz CT molecular complexity index is 717. The van der Waals surface area contributed by atoms with Crippen LogP contribution >= 0.6 is 10.7 Å². The Labute approximate surface area is 129 Å². The molecule has 0 saturated carbocycles. The van der Waals surface area contributed by atoms with Crippen molar-refractivity contribution in [2.45, 2.75) is 30.6 Å². The third-order valence-corrected chi connectivity index (χ3v) is 6.02. The van der Waals surface area contributed by atoms with E-state index < -0.39 is 34.7 Å². The van der Waals surface area contributed by atoms with Crippen molar-refractivity contribution in [1.29, 1.82) is 0 Å². The SMILES string of the molecule is CC(C)C(C)CNS(=O)(=O)c1ccc(S(=O)(=O)Cl)cc1F. The van der Waals surface area contributed by atoms with Crippen LogP contribution in [0.3, 0.4) is 0 Å². The highest BCUT2D eigenvalue weighted by Gasteiger charge is 2.22. The van der Waals surface area contributed by atoms with E-state index in [1.807, 2.05) is 20.8 Å². The fraction of sp³-hybridized carbons (Fsp3) is 0.500. The van der Waals surface area contributed by atoms with Crippen LogP contribution in [0.1, 0.15) is 20.8 Å². The zero-order valence-electron chi connectivity index (χ0n) is 11.8. The minimum Gasteiger partial charge on any atom is -0.211 e. The van der Waals surface area contributed by atoms with Gasteiger partial charge in [-0.05, 0) is 30.0 Å². The van der Waals surface area contributed by atoms with E-state index in [4.69, 9.17) is 10.7 Å². The van der Waals surface area contributed by atoms with Crippen LogP contribution in [0.5, 0.6) is 0 Å². The first kappa shape index (κ1) is 18.3. The van der Waals surface area contributed by atoms with Crippen molar-refractivity contribution in [3.8, 4) is 0 Å². The second kappa shape index (κ2) is 6.60. The molecule has 1 aromatic carbocycles. The molecule has 0 heterocycles. The lowest BCUT2D eigenvalue weighted by Crippen LogP contribution is -2.30. The standard InChI is InChI=1S/C12H17ClFNO4S2/c1-8(2)9(3)7-15-21(18,19)12-5-4-10(6-11(12)14)20(13,16)17/h4-6,8-9,15H,7H2,1-3H3. The Kier molecular flexibility index (Phi) is 5.76. The molecule has 0 aliphatic rings. The summed E-state index contributed by atoms with van der Waals surface area (Å²) in [5.74, 6) is -0.826. The molecule has 0 bridgehead atoms. The van der Waals surface area contributed by atoms with Crippen LogP contribution in [0.4, 0.5) is 4.39 Å². The number of halogens is 2. The second-order valence-electron chi connectivity index (χ2n) is 5.10. The van der Waals surface area contributed by atoms with Crippen molar-refractivity contribution in [3.05, 3.63) is 24.0 Å². The van der Waals surface area contributed by atoms with Crippen LogP contribution in [-0.4, -0.2) is 23.4 Å². The zero-order chi connectivity index (χ0) is 16.4. The van der Waals surface area contributed by atoms with Crippen LogP contribution in [0.2, 0.25) is 0 Å². The van der Waals surface area contributed by atoms with Crippen LogP contribution in [0, 0.1) is 17.7 Å². The molecule has 0 amide bonds. The highest BCUT2D eigenvalue weighted by Crippen LogP contribution is 2.21. The molecule has 1 atom stereocenters. The lowest BCUT2D eigenvalue weighted by Gasteiger charge is -2.16. The molecule has 5 nitrogen and oxygen atoms in total. The van der Waals surface area contributed by atoms with E-state index in [2.05, 4.69) is 4.72 Å². The normalized spacial score (nSPS) is 14.4. The highest BCUT2D eigenvalue weighted by molar-refractivity contribution is 8.13. The smallest absolute Gasteiger partial charge is 0.211 e. The van der Waals surface area contributed by atoms with Crippen molar-refractivity contribution in [2.75, 3.05) is 6.54 Å². The van der Waals surface area contributed by atoms with Gasteiger partial charge in [0.2, 0.25) is 10.0 Å². The molecule has 1 unspecified atom stereocenters. The molecule has 1 rings (SSSR count). The summed E-state index contributed by atoms with van der Waals surface area (Å²) < 4.78 is 62.3. The molecule has 0 spiro atoms. The van der Waals surface area contributed by atoms with Gasteiger partial charge in [0, 0.05) is 17.2 Å². The van der Waals surface area contributed by atoms with Crippen LogP contribution in [0.25, 0.3) is 0 Å². The average molecular weight is 358 g/mol. The monoisotopic (exact) mass is 357 g/mol. The Hall–Kier alpha value is -0.700. The first-order valence-corrected chi connectivity index (χ1v) is 9.98. The summed E-state index contributed by atoms with van der Waals surface area (Å²) in [4.78, 5) is -1.10. The number of rotatable bonds is 6. The lowest BCUT2D eigenvalue weighted by atomic mass is 9.99. The molecule has 21 heavy (non-hydrogen) atoms. The fourth-order valence-electron chi connectivity index (χ4n) is 1.41. The van der Waals surface area contributed by atoms with Gasteiger partial charge in [0.25, 0.3) is 9.05 Å². The summed E-state index contributed by atoms with van der Waals surface area (Å²) in [6, 6.07) is 2.42. The third-order valence-electron chi connectivity index (χ3n) is 3.21. The largest absolute Gasteiger partial charge is 0.261 e. The molecular formula is C12H17ClFNO4S2. The Morgan fingerprint density at radius 2 is 1.76 bits per heavy atom. The molecule has 0 saturated heterocycles. The van der Waals surface area contributed by atoms with Gasteiger partial charge in [-0.15, -0.1) is 0 Å². The van der Waals surface area contributed by atoms with Gasteiger partial charge in [-0.3, -0.25) is 0 Å². The molecule has 120 valence electrons. The van der Waals surface area contributed by atoms with Crippen molar-refractivity contribution in [3.63, 3.8) is 0 Å². The minimum absolute atomic E-state index is 0.0744. The van der Waals surface area contributed by atoms with Gasteiger partial charge in [-0.1, -0.05) is 20.8 Å². The zero-order valence-corrected chi connectivity index (χ0v) is 14.2. The van der Waals surface area contributed by atoms with E-state index in [9.17, 15) is 21.2 Å². The van der Waals surface area contributed by atoms with Crippen LogP contribution < -0.4 is 4.72 Å². The minimum atomic E-state index is -4.11. The summed E-state index contributed by atoms with van der Waals surface area (Å²) in [5, 5.41) is 0. The fourth-order valence-corrected chi connectivity index (χ4v) is 3.37. The predicted octanol–water partition coefficient (Wildman–Crippen LogP) is 2.32. The molecule has 1 aromatic rings. The number of sulfonamides is 1. The van der Waals surface area contributed by atoms with Gasteiger partial charge < -0.3 is 0 Å². The van der Waals surface area contributed by atoms with Gasteiger partial charge in [-0.2, -0.15) is 0 Å². The molecular weight excluding hydrogens is 341 g/mol. The first-order chi connectivity index (χ1) is 9.45. The van der Waals surface area contributed by atoms with Gasteiger partial charge >= 0.3 is 0 Å². The summed E-state index contributed by atoms with van der Waals surface area (Å²) >= 11 is 0. The molecule has 0 aliphatic heterocycles. The summed E-state index contributed by atoms with van der Waals surface area (Å²) in [5.41, 5.74) is 0. The predicted molar refractivity (Wildman–Crippen MR) is 78.6 cm³/mol. The number of nitrogens with one attached hydrogen (secondary N) is 1. The van der Waals surface area contributed by atoms with Gasteiger partial charge in [0.1, 0.15) is 10.7 Å². The molecule has 0 aromatic heterocycles. The molecule has 0 fully saturated rings. The van der Waals surface area contributed by atoms with E-state index in [1.54, 1.807) is 0 Å². The van der Waals surface area contributed by atoms with Crippen LogP contribution in [0.15, 0.2) is 28.0 Å². The Balaban J connectivity index is 3.05. The van der Waals surface area contributed by atoms with E-state index in [-0.39, 0.29) is 18.4 Å². The maximum absolute atomic E-state index is 13.8. The third kappa shape index (κ3) is 4.91. The molecule has 0 aliphatic carbocycles. The van der Waals surface area contributed by atoms with E-state index in [1.165, 1.54) is 0 Å². The summed E-state index contributed by atoms with van der Waals surface area (Å²) in [7, 11) is -3.08. The lowest BCUT2D eigenvalue weighted by molar-refractivity contribution is 0.414. The molecule has 0 radical (unpaired) electrons. The first-order valence-electron chi connectivity index (χ1n) is 6.19. The maximum atomic E-state index is 13.8. The number of benzene rings is 1. The van der Waals surface area contributed by atoms with E-state index in [0.29, 0.717) is 6.07 Å². The average Bonchev–Trinajstić information content (AvgIpc) is 2.34. The summed E-state index contributed by atoms with van der Waals surface area (Å²) in [6.07, 6.45) is 0. The highest BCUT2D eigenvalue weighted by atomic mass is 35.7. The number of hydrogen-bond acceptors (Lipinski definition) is 4. The van der Waals surface area contributed by atoms with Crippen molar-refractivity contribution in [2.24, 2.45) is 11.8 Å². The quantitative estimate of drug-likeness (QED) is 0.792. The summed E-state index contributed by atoms with van der Waals surface area (Å²) in [6.45, 7) is 5.92. The topological polar surface area (TPSA) is 80.3 Å². The van der Waals surface area contributed by atoms with Gasteiger partial charge in [0.05, 0.1) is 4.90 Å². The van der Waals surface area contributed by atoms with Gasteiger partial charge in [0.15, 0.2) is 0 Å². The van der Waals surface area contributed by atoms with Crippen molar-refractivity contribution < 1.29 is 21.2 Å². The molecule has 9 heteroatoms. The van der Waals surface area contributed by atoms with E-state index >= 15 is 0 Å². The van der Waals surface area contributed by atoms with Gasteiger partial charge in [-0.25, -0.2) is 25.9 Å². The maximum Gasteiger partial charge on any atom is 0.261 e.